The molecule has 0 bridgehead atoms. The van der Waals surface area contributed by atoms with E-state index in [-0.39, 0.29) is 0 Å². The normalized spacial score (nSPS) is 33.6. The first-order valence-electron chi connectivity index (χ1n) is 8.47. The Morgan fingerprint density at radius 1 is 1.33 bits per heavy atom. The average molecular weight is 295 g/mol. The number of hydrogen-bond acceptors (Lipinski definition) is 4. The van der Waals surface area contributed by atoms with Gasteiger partial charge in [0, 0.05) is 37.8 Å². The highest BCUT2D eigenvalue weighted by atomic mass is 16.4. The van der Waals surface area contributed by atoms with Gasteiger partial charge in [0.2, 0.25) is 0 Å². The van der Waals surface area contributed by atoms with Gasteiger partial charge in [0.15, 0.2) is 0 Å². The Balaban J connectivity index is 1.56. The van der Waals surface area contributed by atoms with Crippen LogP contribution in [0.5, 0.6) is 0 Å². The number of rotatable bonds is 6. The van der Waals surface area contributed by atoms with Gasteiger partial charge < -0.3 is 5.11 Å². The van der Waals surface area contributed by atoms with Crippen LogP contribution in [0, 0.1) is 0 Å². The summed E-state index contributed by atoms with van der Waals surface area (Å²) in [6, 6.07) is 1.67. The van der Waals surface area contributed by atoms with E-state index in [0.717, 1.165) is 32.5 Å². The Hall–Kier alpha value is -0.650. The monoisotopic (exact) mass is 295 g/mol. The van der Waals surface area contributed by atoms with E-state index < -0.39 is 11.5 Å². The summed E-state index contributed by atoms with van der Waals surface area (Å²) in [5, 5.41) is 12.9. The lowest BCUT2D eigenvalue weighted by atomic mass is 9.96. The molecule has 5 nitrogen and oxygen atoms in total. The number of hydrogen-bond donors (Lipinski definition) is 2. The fourth-order valence-corrected chi connectivity index (χ4v) is 3.85. The van der Waals surface area contributed by atoms with Crippen molar-refractivity contribution in [2.24, 2.45) is 0 Å². The molecule has 1 saturated carbocycles. The van der Waals surface area contributed by atoms with Crippen molar-refractivity contribution in [2.75, 3.05) is 26.2 Å². The third-order valence-corrected chi connectivity index (χ3v) is 5.54. The first-order valence-corrected chi connectivity index (χ1v) is 8.47. The predicted molar refractivity (Wildman–Crippen MR) is 82.4 cm³/mol. The maximum absolute atomic E-state index is 11.6. The number of piperazine rings is 1. The van der Waals surface area contributed by atoms with Gasteiger partial charge in [-0.3, -0.25) is 19.9 Å². The molecule has 21 heavy (non-hydrogen) atoms. The van der Waals surface area contributed by atoms with Gasteiger partial charge in [-0.25, -0.2) is 0 Å². The van der Waals surface area contributed by atoms with E-state index in [4.69, 9.17) is 0 Å². The van der Waals surface area contributed by atoms with Crippen molar-refractivity contribution < 1.29 is 9.90 Å². The van der Waals surface area contributed by atoms with Gasteiger partial charge in [0.05, 0.1) is 0 Å². The molecule has 1 aliphatic carbocycles. The summed E-state index contributed by atoms with van der Waals surface area (Å²) in [5.74, 6) is -0.707. The van der Waals surface area contributed by atoms with Gasteiger partial charge in [-0.15, -0.1) is 0 Å². The number of nitrogens with one attached hydrogen (secondary N) is 1. The Labute approximate surface area is 127 Å². The van der Waals surface area contributed by atoms with Crippen LogP contribution in [0.2, 0.25) is 0 Å². The molecule has 5 heteroatoms. The minimum atomic E-state index is -0.770. The Morgan fingerprint density at radius 3 is 2.76 bits per heavy atom. The molecule has 3 atom stereocenters. The number of nitrogens with zero attached hydrogens (tertiary/aromatic N) is 2. The third kappa shape index (κ3) is 3.41. The Morgan fingerprint density at radius 2 is 2.10 bits per heavy atom. The van der Waals surface area contributed by atoms with E-state index in [1.54, 1.807) is 0 Å². The fraction of sp³-hybridized carbons (Fsp3) is 0.938. The molecule has 0 aromatic heterocycles. The predicted octanol–water partition coefficient (Wildman–Crippen LogP) is 1.14. The zero-order chi connectivity index (χ0) is 15.0. The van der Waals surface area contributed by atoms with Gasteiger partial charge in [-0.2, -0.15) is 0 Å². The number of carboxylic acid groups (broad SMARTS) is 1. The molecule has 2 saturated heterocycles. The molecule has 3 unspecified atom stereocenters. The van der Waals surface area contributed by atoms with Crippen molar-refractivity contribution in [1.82, 2.24) is 15.1 Å². The Bertz CT molecular complexity index is 399. The smallest absolute Gasteiger partial charge is 0.323 e. The molecule has 2 N–H and O–H groups in total. The molecule has 3 aliphatic rings. The molecule has 120 valence electrons. The number of carbonyl (C=O) groups is 1. The molecule has 0 aromatic carbocycles. The van der Waals surface area contributed by atoms with Gasteiger partial charge in [0.1, 0.15) is 5.54 Å². The van der Waals surface area contributed by atoms with Gasteiger partial charge >= 0.3 is 5.97 Å². The number of aliphatic carboxylic acids is 1. The summed E-state index contributed by atoms with van der Waals surface area (Å²) in [5.41, 5.74) is -0.770. The molecule has 3 fully saturated rings. The van der Waals surface area contributed by atoms with E-state index >= 15 is 0 Å². The number of fused-ring (bicyclic) bond motifs is 1. The molecule has 0 aromatic rings. The molecule has 2 heterocycles. The van der Waals surface area contributed by atoms with Crippen molar-refractivity contribution in [3.8, 4) is 0 Å². The van der Waals surface area contributed by atoms with Crippen molar-refractivity contribution in [1.29, 1.82) is 0 Å². The second-order valence-electron chi connectivity index (χ2n) is 7.44. The molecule has 2 aliphatic heterocycles. The van der Waals surface area contributed by atoms with E-state index in [1.165, 1.54) is 19.4 Å². The van der Waals surface area contributed by atoms with Crippen LogP contribution >= 0.6 is 0 Å². The molecule has 3 rings (SSSR count). The lowest BCUT2D eigenvalue weighted by molar-refractivity contribution is -0.144. The van der Waals surface area contributed by atoms with Gasteiger partial charge in [0.25, 0.3) is 0 Å². The summed E-state index contributed by atoms with van der Waals surface area (Å²) >= 11 is 0. The summed E-state index contributed by atoms with van der Waals surface area (Å²) < 4.78 is 0. The SMILES string of the molecule is CC1CN2CCCC2CN1CCC(C)(NC1CC1)C(=O)O. The fourth-order valence-electron chi connectivity index (χ4n) is 3.85. The van der Waals surface area contributed by atoms with Crippen molar-refractivity contribution in [2.45, 2.75) is 69.6 Å². The zero-order valence-corrected chi connectivity index (χ0v) is 13.3. The first kappa shape index (κ1) is 15.3. The van der Waals surface area contributed by atoms with Crippen LogP contribution in [0.1, 0.15) is 46.0 Å². The van der Waals surface area contributed by atoms with E-state index in [9.17, 15) is 9.90 Å². The number of carboxylic acids is 1. The lowest BCUT2D eigenvalue weighted by Gasteiger charge is -2.43. The topological polar surface area (TPSA) is 55.8 Å². The van der Waals surface area contributed by atoms with Crippen LogP contribution < -0.4 is 5.32 Å². The summed E-state index contributed by atoms with van der Waals surface area (Å²) in [6.45, 7) is 8.52. The minimum absolute atomic E-state index is 0.426. The summed E-state index contributed by atoms with van der Waals surface area (Å²) in [4.78, 5) is 16.7. The molecule has 0 spiro atoms. The minimum Gasteiger partial charge on any atom is -0.480 e. The maximum Gasteiger partial charge on any atom is 0.323 e. The van der Waals surface area contributed by atoms with Crippen molar-refractivity contribution >= 4 is 5.97 Å². The van der Waals surface area contributed by atoms with E-state index in [0.29, 0.717) is 24.5 Å². The zero-order valence-electron chi connectivity index (χ0n) is 13.3. The van der Waals surface area contributed by atoms with Crippen LogP contribution in [0.25, 0.3) is 0 Å². The second-order valence-corrected chi connectivity index (χ2v) is 7.44. The van der Waals surface area contributed by atoms with E-state index in [2.05, 4.69) is 22.0 Å². The third-order valence-electron chi connectivity index (χ3n) is 5.54. The van der Waals surface area contributed by atoms with Crippen LogP contribution in [-0.2, 0) is 4.79 Å². The van der Waals surface area contributed by atoms with Crippen LogP contribution in [-0.4, -0.2) is 70.7 Å². The summed E-state index contributed by atoms with van der Waals surface area (Å²) in [7, 11) is 0. The van der Waals surface area contributed by atoms with Crippen molar-refractivity contribution in [3.05, 3.63) is 0 Å². The lowest BCUT2D eigenvalue weighted by Crippen LogP contribution is -2.57. The quantitative estimate of drug-likeness (QED) is 0.769. The van der Waals surface area contributed by atoms with Gasteiger partial charge in [-0.05, 0) is 52.5 Å². The standard InChI is InChI=1S/C16H29N3O2/c1-12-10-19-8-3-4-14(19)11-18(12)9-7-16(2,15(20)21)17-13-5-6-13/h12-14,17H,3-11H2,1-2H3,(H,20,21). The van der Waals surface area contributed by atoms with Crippen LogP contribution in [0.3, 0.4) is 0 Å². The first-order chi connectivity index (χ1) is 9.98. The molecule has 0 radical (unpaired) electrons. The van der Waals surface area contributed by atoms with Gasteiger partial charge in [-0.1, -0.05) is 0 Å². The van der Waals surface area contributed by atoms with Crippen molar-refractivity contribution in [3.63, 3.8) is 0 Å². The van der Waals surface area contributed by atoms with Crippen LogP contribution in [0.15, 0.2) is 0 Å². The summed E-state index contributed by atoms with van der Waals surface area (Å²) in [6.07, 6.45) is 5.57. The molecular weight excluding hydrogens is 266 g/mol. The highest BCUT2D eigenvalue weighted by molar-refractivity contribution is 5.78. The highest BCUT2D eigenvalue weighted by Gasteiger charge is 2.40. The van der Waals surface area contributed by atoms with E-state index in [1.807, 2.05) is 6.92 Å². The van der Waals surface area contributed by atoms with Crippen LogP contribution in [0.4, 0.5) is 0 Å². The highest BCUT2D eigenvalue weighted by Crippen LogP contribution is 2.27. The molecular formula is C16H29N3O2. The Kier molecular flexibility index (Phi) is 4.26. The maximum atomic E-state index is 11.6. The molecule has 0 amide bonds. The second kappa shape index (κ2) is 5.86. The largest absolute Gasteiger partial charge is 0.480 e. The average Bonchev–Trinajstić information content (AvgIpc) is 3.12.